The molecular weight excluding hydrogens is 546 g/mol. The van der Waals surface area contributed by atoms with Gasteiger partial charge in [0, 0.05) is 18.0 Å². The number of hydrogen-bond acceptors (Lipinski definition) is 11. The largest absolute Gasteiger partial charge is 0.509 e. The number of methoxy groups -OCH3 is 1. The molecular formula is C31H41NO10. The van der Waals surface area contributed by atoms with Gasteiger partial charge in [-0.1, -0.05) is 19.4 Å². The van der Waals surface area contributed by atoms with Gasteiger partial charge >= 0.3 is 18.1 Å². The number of rotatable bonds is 9. The lowest BCUT2D eigenvalue weighted by Crippen LogP contribution is -2.74. The van der Waals surface area contributed by atoms with Crippen molar-refractivity contribution in [3.63, 3.8) is 0 Å². The summed E-state index contributed by atoms with van der Waals surface area (Å²) < 4.78 is 33.8. The second kappa shape index (κ2) is 11.1. The molecule has 42 heavy (non-hydrogen) atoms. The zero-order valence-electron chi connectivity index (χ0n) is 25.2. The van der Waals surface area contributed by atoms with E-state index in [9.17, 15) is 19.5 Å². The van der Waals surface area contributed by atoms with Crippen LogP contribution in [0.5, 0.6) is 11.5 Å². The maximum atomic E-state index is 13.6. The van der Waals surface area contributed by atoms with Crippen molar-refractivity contribution in [1.82, 2.24) is 4.90 Å². The number of aliphatic hydroxyl groups is 1. The van der Waals surface area contributed by atoms with E-state index in [4.69, 9.17) is 28.4 Å². The van der Waals surface area contributed by atoms with Crippen molar-refractivity contribution >= 4 is 18.1 Å². The van der Waals surface area contributed by atoms with Gasteiger partial charge in [0.05, 0.1) is 31.2 Å². The summed E-state index contributed by atoms with van der Waals surface area (Å²) in [5.74, 6) is -0.413. The Kier molecular flexibility index (Phi) is 7.95. The van der Waals surface area contributed by atoms with Crippen LogP contribution in [0.4, 0.5) is 4.79 Å². The molecule has 5 atom stereocenters. The molecule has 2 aliphatic carbocycles. The number of ether oxygens (including phenoxy) is 6. The predicted molar refractivity (Wildman–Crippen MR) is 149 cm³/mol. The molecule has 1 fully saturated rings. The van der Waals surface area contributed by atoms with Crippen molar-refractivity contribution in [2.75, 3.05) is 27.3 Å². The molecule has 11 heteroatoms. The quantitative estimate of drug-likeness (QED) is 0.259. The van der Waals surface area contributed by atoms with Crippen LogP contribution in [0.25, 0.3) is 0 Å². The second-order valence-corrected chi connectivity index (χ2v) is 12.6. The van der Waals surface area contributed by atoms with E-state index < -0.39 is 53.3 Å². The lowest BCUT2D eigenvalue weighted by Gasteiger charge is -2.61. The van der Waals surface area contributed by atoms with Crippen molar-refractivity contribution in [1.29, 1.82) is 0 Å². The maximum absolute atomic E-state index is 13.6. The number of carbonyl (C=O) groups excluding carboxylic acids is 3. The van der Waals surface area contributed by atoms with Crippen LogP contribution in [-0.2, 0) is 40.4 Å². The molecule has 1 saturated heterocycles. The van der Waals surface area contributed by atoms with Gasteiger partial charge in [-0.05, 0) is 71.3 Å². The molecule has 230 valence electrons. The molecule has 11 nitrogen and oxygen atoms in total. The number of nitrogens with zero attached hydrogens (tertiary/aromatic N) is 1. The van der Waals surface area contributed by atoms with E-state index >= 15 is 0 Å². The van der Waals surface area contributed by atoms with Crippen LogP contribution in [0.2, 0.25) is 0 Å². The molecule has 2 aliphatic heterocycles. The van der Waals surface area contributed by atoms with Gasteiger partial charge in [0.2, 0.25) is 6.10 Å². The minimum Gasteiger partial charge on any atom is -0.493 e. The van der Waals surface area contributed by atoms with Crippen LogP contribution in [0.15, 0.2) is 24.0 Å². The SMILES string of the molecule is CCCCOC(=O)C[C@H](OC(=O)OC(C)(C)C)C(=O)OC1=CC[C@@]2(O)[C@H]3Cc4ccc(OC)c5c4[C@@]2(CCN3C)[C@H]1O5. The van der Waals surface area contributed by atoms with Crippen LogP contribution in [-0.4, -0.2) is 84.9 Å². The highest BCUT2D eigenvalue weighted by Gasteiger charge is 2.72. The van der Waals surface area contributed by atoms with Gasteiger partial charge < -0.3 is 38.4 Å². The molecule has 0 unspecified atom stereocenters. The second-order valence-electron chi connectivity index (χ2n) is 12.6. The minimum absolute atomic E-state index is 0.168. The maximum Gasteiger partial charge on any atom is 0.509 e. The predicted octanol–water partition coefficient (Wildman–Crippen LogP) is 3.57. The van der Waals surface area contributed by atoms with Crippen LogP contribution < -0.4 is 9.47 Å². The summed E-state index contributed by atoms with van der Waals surface area (Å²) in [7, 11) is 3.57. The smallest absolute Gasteiger partial charge is 0.493 e. The summed E-state index contributed by atoms with van der Waals surface area (Å²) in [6.45, 7) is 7.82. The number of benzene rings is 1. The molecule has 1 N–H and O–H groups in total. The van der Waals surface area contributed by atoms with E-state index in [0.717, 1.165) is 17.5 Å². The summed E-state index contributed by atoms with van der Waals surface area (Å²) in [4.78, 5) is 40.8. The fraction of sp³-hybridized carbons (Fsp3) is 0.645. The first kappa shape index (κ1) is 30.2. The van der Waals surface area contributed by atoms with Gasteiger partial charge in [-0.15, -0.1) is 0 Å². The Morgan fingerprint density at radius 3 is 2.69 bits per heavy atom. The Balaban J connectivity index is 1.45. The number of likely N-dealkylation sites (N-methyl/N-ethyl adjacent to an activating group) is 1. The standard InChI is InChI=1S/C31H41NO10/c1-7-8-15-38-23(33)17-21(40-28(35)42-29(2,3)4)27(34)39-20-11-12-31(36)22-16-18-9-10-19(37-6)25-24(18)30(31,26(20)41-25)13-14-32(22)5/h9-11,21-22,26,36H,7-8,12-17H2,1-6H3/t21-,22+,26-,30-,31+/m0/s1. The number of hydrogen-bond donors (Lipinski definition) is 1. The van der Waals surface area contributed by atoms with Crippen LogP contribution >= 0.6 is 0 Å². The molecule has 2 bridgehead atoms. The Labute approximate surface area is 246 Å². The zero-order chi connectivity index (χ0) is 30.4. The summed E-state index contributed by atoms with van der Waals surface area (Å²) in [6, 6.07) is 3.70. The third-order valence-corrected chi connectivity index (χ3v) is 8.78. The van der Waals surface area contributed by atoms with Crippen LogP contribution in [0, 0.1) is 0 Å². The van der Waals surface area contributed by atoms with Gasteiger partial charge in [-0.2, -0.15) is 0 Å². The Morgan fingerprint density at radius 2 is 2.00 bits per heavy atom. The first-order valence-corrected chi connectivity index (χ1v) is 14.6. The number of carbonyl (C=O) groups is 3. The van der Waals surface area contributed by atoms with E-state index in [1.165, 1.54) is 0 Å². The van der Waals surface area contributed by atoms with Crippen molar-refractivity contribution in [2.45, 2.75) is 101 Å². The average molecular weight is 588 g/mol. The Morgan fingerprint density at radius 1 is 1.24 bits per heavy atom. The highest BCUT2D eigenvalue weighted by molar-refractivity contribution is 5.84. The number of piperidine rings is 1. The molecule has 1 aromatic rings. The molecule has 2 heterocycles. The fourth-order valence-electron chi connectivity index (χ4n) is 6.87. The highest BCUT2D eigenvalue weighted by atomic mass is 16.7. The van der Waals surface area contributed by atoms with Gasteiger partial charge in [0.1, 0.15) is 11.4 Å². The number of likely N-dealkylation sites (tertiary alicyclic amines) is 1. The van der Waals surface area contributed by atoms with E-state index in [2.05, 4.69) is 4.90 Å². The average Bonchev–Trinajstić information content (AvgIpc) is 3.27. The number of esters is 2. The summed E-state index contributed by atoms with van der Waals surface area (Å²) in [6.07, 6.45) is 0.477. The highest BCUT2D eigenvalue weighted by Crippen LogP contribution is 2.65. The topological polar surface area (TPSA) is 130 Å². The van der Waals surface area contributed by atoms with E-state index in [1.807, 2.05) is 26.1 Å². The van der Waals surface area contributed by atoms with Crippen molar-refractivity contribution in [2.24, 2.45) is 0 Å². The molecule has 0 aromatic heterocycles. The Bertz CT molecular complexity index is 1280. The van der Waals surface area contributed by atoms with Crippen molar-refractivity contribution in [3.05, 3.63) is 35.1 Å². The van der Waals surface area contributed by atoms with Crippen molar-refractivity contribution < 1.29 is 47.9 Å². The fourth-order valence-corrected chi connectivity index (χ4v) is 6.87. The van der Waals surface area contributed by atoms with Crippen molar-refractivity contribution in [3.8, 4) is 11.5 Å². The molecule has 0 saturated carbocycles. The molecule has 0 radical (unpaired) electrons. The van der Waals surface area contributed by atoms with E-state index in [0.29, 0.717) is 37.3 Å². The third-order valence-electron chi connectivity index (χ3n) is 8.78. The van der Waals surface area contributed by atoms with Gasteiger partial charge in [-0.3, -0.25) is 4.79 Å². The lowest BCUT2D eigenvalue weighted by atomic mass is 9.50. The van der Waals surface area contributed by atoms with Gasteiger partial charge in [0.15, 0.2) is 17.6 Å². The first-order valence-electron chi connectivity index (χ1n) is 14.6. The molecule has 1 aromatic carbocycles. The summed E-state index contributed by atoms with van der Waals surface area (Å²) in [5, 5.41) is 12.4. The van der Waals surface area contributed by atoms with Gasteiger partial charge in [0.25, 0.3) is 0 Å². The minimum atomic E-state index is -1.61. The van der Waals surface area contributed by atoms with Crippen LogP contribution in [0.3, 0.4) is 0 Å². The Hall–Kier alpha value is -3.31. The monoisotopic (exact) mass is 587 g/mol. The van der Waals surface area contributed by atoms with Crippen LogP contribution in [0.1, 0.15) is 70.9 Å². The molecule has 5 rings (SSSR count). The third kappa shape index (κ3) is 5.00. The normalized spacial score (nSPS) is 28.0. The summed E-state index contributed by atoms with van der Waals surface area (Å²) in [5.41, 5.74) is -0.994. The zero-order valence-corrected chi connectivity index (χ0v) is 25.2. The van der Waals surface area contributed by atoms with E-state index in [1.54, 1.807) is 34.0 Å². The molecule has 4 aliphatic rings. The first-order chi connectivity index (χ1) is 19.8. The lowest BCUT2D eigenvalue weighted by molar-refractivity contribution is -0.174. The van der Waals surface area contributed by atoms with E-state index in [-0.39, 0.29) is 24.8 Å². The molecule has 1 spiro atoms. The molecule has 0 amide bonds. The number of unbranched alkanes of at least 4 members (excludes halogenated alkanes) is 1. The van der Waals surface area contributed by atoms with Gasteiger partial charge in [-0.25, -0.2) is 9.59 Å². The summed E-state index contributed by atoms with van der Waals surface area (Å²) >= 11 is 0.